The third-order valence-corrected chi connectivity index (χ3v) is 5.44. The third-order valence-electron chi connectivity index (χ3n) is 5.44. The van der Waals surface area contributed by atoms with E-state index in [9.17, 15) is 40.5 Å². The predicted octanol–water partition coefficient (Wildman–Crippen LogP) is -3.58. The van der Waals surface area contributed by atoms with Crippen LogP contribution in [0.1, 0.15) is 10.4 Å². The lowest BCUT2D eigenvalue weighted by Gasteiger charge is -2.46. The minimum atomic E-state index is -1.75. The van der Waals surface area contributed by atoms with Gasteiger partial charge in [0.25, 0.3) is 0 Å². The quantitative estimate of drug-likeness (QED) is 0.192. The number of nitrogens with one attached hydrogen (secondary N) is 1. The van der Waals surface area contributed by atoms with Gasteiger partial charge in [0.2, 0.25) is 0 Å². The Morgan fingerprint density at radius 3 is 2.03 bits per heavy atom. The number of hydrogen-bond donors (Lipinski definition) is 9. The third kappa shape index (κ3) is 5.02. The SMILES string of the molecule is O=C(O)c1ccc(N[C@H]2O[C@H](CO)[C@H](O[C@@H]3O[C@H](CO)[C@H](O)[C@@H](O)[C@H]3O)[C@@H](O)[C@H]2O)cc1. The molecule has 0 aromatic heterocycles. The predicted molar refractivity (Wildman–Crippen MR) is 103 cm³/mol. The van der Waals surface area contributed by atoms with Gasteiger partial charge in [-0.25, -0.2) is 4.79 Å². The number of carboxylic acids is 1. The van der Waals surface area contributed by atoms with E-state index in [0.29, 0.717) is 5.69 Å². The van der Waals surface area contributed by atoms with E-state index >= 15 is 0 Å². The Morgan fingerprint density at radius 1 is 0.844 bits per heavy atom. The lowest BCUT2D eigenvalue weighted by atomic mass is 9.96. The van der Waals surface area contributed by atoms with Crippen LogP contribution in [0.4, 0.5) is 5.69 Å². The molecule has 0 bridgehead atoms. The number of hydrogen-bond acceptors (Lipinski definition) is 12. The first-order chi connectivity index (χ1) is 15.2. The minimum Gasteiger partial charge on any atom is -0.478 e. The zero-order valence-electron chi connectivity index (χ0n) is 16.7. The van der Waals surface area contributed by atoms with E-state index in [-0.39, 0.29) is 5.56 Å². The molecule has 9 N–H and O–H groups in total. The summed E-state index contributed by atoms with van der Waals surface area (Å²) in [6.07, 6.45) is -15.0. The van der Waals surface area contributed by atoms with Gasteiger partial charge in [-0.1, -0.05) is 0 Å². The van der Waals surface area contributed by atoms with E-state index in [1.165, 1.54) is 24.3 Å². The number of carbonyl (C=O) groups is 1. The topological polar surface area (TPSA) is 219 Å². The molecule has 180 valence electrons. The molecule has 1 aromatic carbocycles. The van der Waals surface area contributed by atoms with Gasteiger partial charge in [-0.15, -0.1) is 0 Å². The van der Waals surface area contributed by atoms with Gasteiger partial charge in [0.05, 0.1) is 18.8 Å². The molecule has 10 atom stereocenters. The first-order valence-corrected chi connectivity index (χ1v) is 9.86. The fourth-order valence-electron chi connectivity index (χ4n) is 3.58. The molecule has 2 aliphatic rings. The Labute approximate surface area is 182 Å². The van der Waals surface area contributed by atoms with E-state index in [1.807, 2.05) is 0 Å². The van der Waals surface area contributed by atoms with Crippen molar-refractivity contribution in [1.82, 2.24) is 0 Å². The van der Waals surface area contributed by atoms with Crippen LogP contribution in [-0.2, 0) is 14.2 Å². The second kappa shape index (κ2) is 10.4. The van der Waals surface area contributed by atoms with Crippen LogP contribution in [0.5, 0.6) is 0 Å². The van der Waals surface area contributed by atoms with E-state index in [0.717, 1.165) is 0 Å². The summed E-state index contributed by atoms with van der Waals surface area (Å²) in [5, 5.41) is 81.6. The number of anilines is 1. The Morgan fingerprint density at radius 2 is 1.47 bits per heavy atom. The van der Waals surface area contributed by atoms with Crippen molar-refractivity contribution in [3.63, 3.8) is 0 Å². The molecule has 2 aliphatic heterocycles. The van der Waals surface area contributed by atoms with Crippen LogP contribution in [0.3, 0.4) is 0 Å². The van der Waals surface area contributed by atoms with Crippen molar-refractivity contribution >= 4 is 11.7 Å². The lowest BCUT2D eigenvalue weighted by molar-refractivity contribution is -0.340. The second-order valence-electron chi connectivity index (χ2n) is 7.58. The molecule has 2 saturated heterocycles. The molecule has 0 saturated carbocycles. The summed E-state index contributed by atoms with van der Waals surface area (Å²) < 4.78 is 16.3. The maximum Gasteiger partial charge on any atom is 0.335 e. The fourth-order valence-corrected chi connectivity index (χ4v) is 3.58. The summed E-state index contributed by atoms with van der Waals surface area (Å²) in [7, 11) is 0. The average Bonchev–Trinajstić information content (AvgIpc) is 2.79. The summed E-state index contributed by atoms with van der Waals surface area (Å²) in [5.74, 6) is -1.12. The molecule has 2 fully saturated rings. The summed E-state index contributed by atoms with van der Waals surface area (Å²) in [5.41, 5.74) is 0.415. The largest absolute Gasteiger partial charge is 0.478 e. The number of ether oxygens (including phenoxy) is 3. The van der Waals surface area contributed by atoms with Crippen molar-refractivity contribution in [2.75, 3.05) is 18.5 Å². The summed E-state index contributed by atoms with van der Waals surface area (Å²) in [6, 6.07) is 5.50. The molecule has 0 unspecified atom stereocenters. The number of rotatable bonds is 7. The molecule has 13 heteroatoms. The van der Waals surface area contributed by atoms with Gasteiger partial charge in [0, 0.05) is 5.69 Å². The molecule has 2 heterocycles. The zero-order valence-corrected chi connectivity index (χ0v) is 16.7. The van der Waals surface area contributed by atoms with E-state index in [1.54, 1.807) is 0 Å². The molecule has 0 radical (unpaired) electrons. The molecule has 0 amide bonds. The van der Waals surface area contributed by atoms with Crippen LogP contribution in [0.2, 0.25) is 0 Å². The Hall–Kier alpha value is -1.91. The first-order valence-electron chi connectivity index (χ1n) is 9.86. The van der Waals surface area contributed by atoms with Gasteiger partial charge < -0.3 is 60.4 Å². The first kappa shape index (κ1) is 24.7. The van der Waals surface area contributed by atoms with E-state index in [2.05, 4.69) is 5.32 Å². The molecule has 0 aliphatic carbocycles. The normalized spacial score (nSPS) is 40.1. The molecular formula is C19H27NO12. The van der Waals surface area contributed by atoms with Crippen LogP contribution in [0.15, 0.2) is 24.3 Å². The Bertz CT molecular complexity index is 759. The van der Waals surface area contributed by atoms with Gasteiger partial charge in [-0.3, -0.25) is 0 Å². The van der Waals surface area contributed by atoms with Crippen molar-refractivity contribution in [3.05, 3.63) is 29.8 Å². The summed E-state index contributed by atoms with van der Waals surface area (Å²) in [6.45, 7) is -1.35. The van der Waals surface area contributed by atoms with Crippen molar-refractivity contribution in [3.8, 4) is 0 Å². The van der Waals surface area contributed by atoms with Crippen LogP contribution >= 0.6 is 0 Å². The standard InChI is InChI=1S/C19H27NO12/c21-5-9-11(23)12(24)15(27)19(31-9)32-16-10(6-22)30-17(14(26)13(16)25)20-8-3-1-7(2-4-8)18(28)29/h1-4,9-17,19-27H,5-6H2,(H,28,29)/t9-,10-,11+,12-,13+,14-,15-,16+,17+,19+/m1/s1. The molecular weight excluding hydrogens is 434 g/mol. The van der Waals surface area contributed by atoms with Crippen molar-refractivity contribution < 1.29 is 59.9 Å². The number of aliphatic hydroxyl groups is 7. The highest BCUT2D eigenvalue weighted by Crippen LogP contribution is 2.29. The summed E-state index contributed by atoms with van der Waals surface area (Å²) >= 11 is 0. The van der Waals surface area contributed by atoms with Crippen LogP contribution in [-0.4, -0.2) is 121 Å². The highest BCUT2D eigenvalue weighted by Gasteiger charge is 2.50. The van der Waals surface area contributed by atoms with Gasteiger partial charge in [-0.2, -0.15) is 0 Å². The number of benzene rings is 1. The Kier molecular flexibility index (Phi) is 8.00. The van der Waals surface area contributed by atoms with E-state index < -0.39 is 80.5 Å². The maximum absolute atomic E-state index is 10.9. The minimum absolute atomic E-state index is 0.0434. The Balaban J connectivity index is 1.70. The van der Waals surface area contributed by atoms with Crippen molar-refractivity contribution in [2.45, 2.75) is 61.3 Å². The van der Waals surface area contributed by atoms with Crippen LogP contribution in [0.25, 0.3) is 0 Å². The number of aromatic carboxylic acids is 1. The number of carboxylic acid groups (broad SMARTS) is 1. The highest BCUT2D eigenvalue weighted by atomic mass is 16.7. The van der Waals surface area contributed by atoms with Crippen molar-refractivity contribution in [1.29, 1.82) is 0 Å². The fraction of sp³-hybridized carbons (Fsp3) is 0.632. The molecule has 0 spiro atoms. The molecule has 13 nitrogen and oxygen atoms in total. The van der Waals surface area contributed by atoms with Gasteiger partial charge >= 0.3 is 5.97 Å². The molecule has 3 rings (SSSR count). The van der Waals surface area contributed by atoms with Gasteiger partial charge in [0.15, 0.2) is 12.5 Å². The summed E-state index contributed by atoms with van der Waals surface area (Å²) in [4.78, 5) is 10.9. The zero-order chi connectivity index (χ0) is 23.6. The van der Waals surface area contributed by atoms with Crippen molar-refractivity contribution in [2.24, 2.45) is 0 Å². The van der Waals surface area contributed by atoms with Gasteiger partial charge in [-0.05, 0) is 24.3 Å². The van der Waals surface area contributed by atoms with Crippen LogP contribution < -0.4 is 5.32 Å². The van der Waals surface area contributed by atoms with Crippen LogP contribution in [0, 0.1) is 0 Å². The monoisotopic (exact) mass is 461 g/mol. The van der Waals surface area contributed by atoms with Gasteiger partial charge in [0.1, 0.15) is 48.8 Å². The smallest absolute Gasteiger partial charge is 0.335 e. The maximum atomic E-state index is 10.9. The second-order valence-corrected chi connectivity index (χ2v) is 7.58. The average molecular weight is 461 g/mol. The molecule has 32 heavy (non-hydrogen) atoms. The lowest BCUT2D eigenvalue weighted by Crippen LogP contribution is -2.65. The number of aliphatic hydroxyl groups excluding tert-OH is 7. The molecule has 1 aromatic rings. The highest BCUT2D eigenvalue weighted by molar-refractivity contribution is 5.88. The van der Waals surface area contributed by atoms with E-state index in [4.69, 9.17) is 19.3 Å².